The standard InChI is InChI=1S/C27H24FN3O4/c1-16(32)30-12-13-31-26(33)20-5-3-4-18(14-20)19-8-11-23-22(15-19)24(27(34)29-2)25(35-23)17-6-9-21(28)10-7-17/h3-11,14-15H,12-13H2,1-2H3,(H,29,34)(H,30,32)(H,31,33). The minimum absolute atomic E-state index is 0.158. The molecule has 1 aromatic heterocycles. The molecule has 0 saturated carbocycles. The second kappa shape index (κ2) is 10.2. The smallest absolute Gasteiger partial charge is 0.255 e. The van der Waals surface area contributed by atoms with Gasteiger partial charge in [0, 0.05) is 43.6 Å². The van der Waals surface area contributed by atoms with Crippen LogP contribution in [-0.4, -0.2) is 37.9 Å². The van der Waals surface area contributed by atoms with Crippen molar-refractivity contribution < 1.29 is 23.2 Å². The molecule has 4 rings (SSSR count). The zero-order chi connectivity index (χ0) is 24.9. The first-order valence-electron chi connectivity index (χ1n) is 11.0. The summed E-state index contributed by atoms with van der Waals surface area (Å²) < 4.78 is 19.4. The van der Waals surface area contributed by atoms with E-state index in [-0.39, 0.29) is 23.5 Å². The number of benzene rings is 3. The molecular weight excluding hydrogens is 449 g/mol. The molecule has 1 heterocycles. The highest BCUT2D eigenvalue weighted by Gasteiger charge is 2.22. The summed E-state index contributed by atoms with van der Waals surface area (Å²) in [5.41, 5.74) is 3.49. The number of carbonyl (C=O) groups excluding carboxylic acids is 3. The molecule has 8 heteroatoms. The van der Waals surface area contributed by atoms with Crippen LogP contribution < -0.4 is 16.0 Å². The van der Waals surface area contributed by atoms with Crippen molar-refractivity contribution >= 4 is 28.7 Å². The molecule has 0 aliphatic carbocycles. The van der Waals surface area contributed by atoms with E-state index >= 15 is 0 Å². The first kappa shape index (κ1) is 23.7. The van der Waals surface area contributed by atoms with Crippen LogP contribution in [-0.2, 0) is 4.79 Å². The van der Waals surface area contributed by atoms with Gasteiger partial charge in [0.25, 0.3) is 11.8 Å². The highest BCUT2D eigenvalue weighted by atomic mass is 19.1. The van der Waals surface area contributed by atoms with Crippen LogP contribution in [0.4, 0.5) is 4.39 Å². The Bertz CT molecular complexity index is 1410. The molecule has 0 atom stereocenters. The Kier molecular flexibility index (Phi) is 6.91. The van der Waals surface area contributed by atoms with Crippen LogP contribution in [0.25, 0.3) is 33.4 Å². The quantitative estimate of drug-likeness (QED) is 0.351. The molecule has 0 spiro atoms. The maximum atomic E-state index is 13.4. The number of hydrogen-bond acceptors (Lipinski definition) is 4. The first-order chi connectivity index (χ1) is 16.9. The van der Waals surface area contributed by atoms with Crippen molar-refractivity contribution in [1.29, 1.82) is 0 Å². The second-order valence-corrected chi connectivity index (χ2v) is 7.92. The van der Waals surface area contributed by atoms with Gasteiger partial charge in [0.05, 0.1) is 5.56 Å². The Morgan fingerprint density at radius 3 is 2.23 bits per heavy atom. The van der Waals surface area contributed by atoms with Crippen molar-refractivity contribution in [2.24, 2.45) is 0 Å². The third kappa shape index (κ3) is 5.22. The van der Waals surface area contributed by atoms with Gasteiger partial charge in [0.2, 0.25) is 5.91 Å². The summed E-state index contributed by atoms with van der Waals surface area (Å²) in [5, 5.41) is 8.65. The van der Waals surface area contributed by atoms with Crippen LogP contribution in [0.2, 0.25) is 0 Å². The van der Waals surface area contributed by atoms with E-state index in [0.717, 1.165) is 11.1 Å². The third-order valence-electron chi connectivity index (χ3n) is 5.49. The van der Waals surface area contributed by atoms with Crippen molar-refractivity contribution in [3.05, 3.63) is 83.7 Å². The van der Waals surface area contributed by atoms with E-state index in [2.05, 4.69) is 16.0 Å². The SMILES string of the molecule is CNC(=O)c1c(-c2ccc(F)cc2)oc2ccc(-c3cccc(C(=O)NCCNC(C)=O)c3)cc12. The Morgan fingerprint density at radius 2 is 1.51 bits per heavy atom. The fraction of sp³-hybridized carbons (Fsp3) is 0.148. The fourth-order valence-electron chi connectivity index (χ4n) is 3.79. The number of carbonyl (C=O) groups is 3. The molecule has 0 aliphatic rings. The maximum Gasteiger partial charge on any atom is 0.255 e. The van der Waals surface area contributed by atoms with Crippen LogP contribution in [0.1, 0.15) is 27.6 Å². The Balaban J connectivity index is 1.69. The number of rotatable bonds is 7. The Morgan fingerprint density at radius 1 is 0.829 bits per heavy atom. The van der Waals surface area contributed by atoms with Gasteiger partial charge in [-0.05, 0) is 59.7 Å². The average molecular weight is 474 g/mol. The summed E-state index contributed by atoms with van der Waals surface area (Å²) in [5.74, 6) is -0.773. The summed E-state index contributed by atoms with van der Waals surface area (Å²) in [7, 11) is 1.54. The second-order valence-electron chi connectivity index (χ2n) is 7.92. The van der Waals surface area contributed by atoms with Crippen LogP contribution in [0, 0.1) is 5.82 Å². The predicted octanol–water partition coefficient (Wildman–Crippen LogP) is 4.13. The van der Waals surface area contributed by atoms with Crippen LogP contribution in [0.15, 0.2) is 71.1 Å². The summed E-state index contributed by atoms with van der Waals surface area (Å²) >= 11 is 0. The van der Waals surface area contributed by atoms with E-state index in [4.69, 9.17) is 4.42 Å². The first-order valence-corrected chi connectivity index (χ1v) is 11.0. The van der Waals surface area contributed by atoms with Gasteiger partial charge in [-0.2, -0.15) is 0 Å². The predicted molar refractivity (Wildman–Crippen MR) is 131 cm³/mol. The molecular formula is C27H24FN3O4. The van der Waals surface area contributed by atoms with Gasteiger partial charge in [-0.1, -0.05) is 18.2 Å². The highest BCUT2D eigenvalue weighted by Crippen LogP contribution is 2.36. The van der Waals surface area contributed by atoms with Gasteiger partial charge in [-0.3, -0.25) is 14.4 Å². The number of furan rings is 1. The molecule has 0 bridgehead atoms. The Hall–Kier alpha value is -4.46. The number of amides is 3. The molecule has 3 amide bonds. The third-order valence-corrected chi connectivity index (χ3v) is 5.49. The lowest BCUT2D eigenvalue weighted by atomic mass is 9.99. The number of nitrogens with one attached hydrogen (secondary N) is 3. The summed E-state index contributed by atoms with van der Waals surface area (Å²) in [6.45, 7) is 2.07. The molecule has 178 valence electrons. The molecule has 0 saturated heterocycles. The Labute approximate surface area is 201 Å². The van der Waals surface area contributed by atoms with Crippen molar-refractivity contribution in [2.45, 2.75) is 6.92 Å². The number of fused-ring (bicyclic) bond motifs is 1. The van der Waals surface area contributed by atoms with Crippen molar-refractivity contribution in [3.63, 3.8) is 0 Å². The van der Waals surface area contributed by atoms with Gasteiger partial charge in [-0.25, -0.2) is 4.39 Å². The largest absolute Gasteiger partial charge is 0.455 e. The fourth-order valence-corrected chi connectivity index (χ4v) is 3.79. The molecule has 35 heavy (non-hydrogen) atoms. The molecule has 0 fully saturated rings. The van der Waals surface area contributed by atoms with E-state index in [1.807, 2.05) is 18.2 Å². The van der Waals surface area contributed by atoms with Crippen LogP contribution >= 0.6 is 0 Å². The zero-order valence-corrected chi connectivity index (χ0v) is 19.3. The van der Waals surface area contributed by atoms with E-state index in [0.29, 0.717) is 46.5 Å². The van der Waals surface area contributed by atoms with Gasteiger partial charge >= 0.3 is 0 Å². The lowest BCUT2D eigenvalue weighted by Gasteiger charge is -2.08. The van der Waals surface area contributed by atoms with Crippen molar-refractivity contribution in [3.8, 4) is 22.5 Å². The summed E-state index contributed by atoms with van der Waals surface area (Å²) in [6.07, 6.45) is 0. The van der Waals surface area contributed by atoms with Gasteiger partial charge in [0.15, 0.2) is 0 Å². The number of hydrogen-bond donors (Lipinski definition) is 3. The van der Waals surface area contributed by atoms with E-state index in [1.54, 1.807) is 36.4 Å². The van der Waals surface area contributed by atoms with E-state index < -0.39 is 0 Å². The van der Waals surface area contributed by atoms with Crippen molar-refractivity contribution in [1.82, 2.24) is 16.0 Å². The highest BCUT2D eigenvalue weighted by molar-refractivity contribution is 6.11. The lowest BCUT2D eigenvalue weighted by molar-refractivity contribution is -0.118. The topological polar surface area (TPSA) is 100 Å². The van der Waals surface area contributed by atoms with Gasteiger partial charge in [0.1, 0.15) is 17.2 Å². The lowest BCUT2D eigenvalue weighted by Crippen LogP contribution is -2.33. The normalized spacial score (nSPS) is 10.7. The van der Waals surface area contributed by atoms with Gasteiger partial charge in [-0.15, -0.1) is 0 Å². The summed E-state index contributed by atoms with van der Waals surface area (Å²) in [6, 6.07) is 18.3. The molecule has 3 aromatic carbocycles. The van der Waals surface area contributed by atoms with Crippen LogP contribution in [0.3, 0.4) is 0 Å². The van der Waals surface area contributed by atoms with Gasteiger partial charge < -0.3 is 20.4 Å². The maximum absolute atomic E-state index is 13.4. The molecule has 0 radical (unpaired) electrons. The number of halogens is 1. The molecule has 3 N–H and O–H groups in total. The van der Waals surface area contributed by atoms with E-state index in [1.165, 1.54) is 26.1 Å². The molecule has 7 nitrogen and oxygen atoms in total. The van der Waals surface area contributed by atoms with Crippen LogP contribution in [0.5, 0.6) is 0 Å². The zero-order valence-electron chi connectivity index (χ0n) is 19.3. The molecule has 0 aliphatic heterocycles. The monoisotopic (exact) mass is 473 g/mol. The summed E-state index contributed by atoms with van der Waals surface area (Å²) in [4.78, 5) is 36.3. The van der Waals surface area contributed by atoms with Crippen molar-refractivity contribution in [2.75, 3.05) is 20.1 Å². The molecule has 0 unspecified atom stereocenters. The minimum atomic E-state index is -0.382. The minimum Gasteiger partial charge on any atom is -0.455 e. The molecule has 4 aromatic rings. The van der Waals surface area contributed by atoms with E-state index in [9.17, 15) is 18.8 Å². The average Bonchev–Trinajstić information content (AvgIpc) is 3.25.